The van der Waals surface area contributed by atoms with Crippen LogP contribution in [-0.4, -0.2) is 172 Å². The first-order chi connectivity index (χ1) is 41.9. The van der Waals surface area contributed by atoms with Gasteiger partial charge in [-0.1, -0.05) is 19.1 Å². The molecule has 87 heavy (non-hydrogen) atoms. The number of methoxy groups -OCH3 is 1. The summed E-state index contributed by atoms with van der Waals surface area (Å²) < 4.78 is 57.6. The number of carbonyl (C=O) groups is 4. The molecule has 11 aliphatic rings. The van der Waals surface area contributed by atoms with Crippen molar-refractivity contribution in [3.8, 4) is 0 Å². The first-order valence-electron chi connectivity index (χ1n) is 33.0. The van der Waals surface area contributed by atoms with Crippen LogP contribution in [0.2, 0.25) is 0 Å². The Bertz CT molecular complexity index is 3010. The fraction of sp³-hybridized carbons (Fsp3) is 0.652. The van der Waals surface area contributed by atoms with Gasteiger partial charge in [0.25, 0.3) is 0 Å². The number of fused-ring (bicyclic) bond motifs is 10. The maximum absolute atomic E-state index is 14.2. The minimum absolute atomic E-state index is 0.0244. The van der Waals surface area contributed by atoms with E-state index >= 15 is 0 Å². The number of piperidine rings is 5. The lowest BCUT2D eigenvalue weighted by atomic mass is 9.73. The monoisotopic (exact) mass is 1200 g/mol. The van der Waals surface area contributed by atoms with Crippen molar-refractivity contribution >= 4 is 41.2 Å². The van der Waals surface area contributed by atoms with Gasteiger partial charge in [0.1, 0.15) is 17.5 Å². The average Bonchev–Trinajstić information content (AvgIpc) is 2.05. The number of halogens is 3. The first kappa shape index (κ1) is 61.4. The smallest absolute Gasteiger partial charge is 0.414 e. The van der Waals surface area contributed by atoms with Crippen molar-refractivity contribution in [2.45, 2.75) is 164 Å². The van der Waals surface area contributed by atoms with Gasteiger partial charge in [-0.2, -0.15) is 0 Å². The molecule has 3 spiro atoms. The van der Waals surface area contributed by atoms with Crippen LogP contribution in [0.15, 0.2) is 66.7 Å². The van der Waals surface area contributed by atoms with E-state index in [1.54, 1.807) is 48.2 Å². The van der Waals surface area contributed by atoms with Crippen molar-refractivity contribution < 1.29 is 46.6 Å². The van der Waals surface area contributed by atoms with Crippen molar-refractivity contribution in [2.75, 3.05) is 114 Å². The van der Waals surface area contributed by atoms with Crippen LogP contribution in [0.3, 0.4) is 0 Å². The van der Waals surface area contributed by atoms with E-state index in [-0.39, 0.29) is 76.1 Å². The molecule has 7 fully saturated rings. The summed E-state index contributed by atoms with van der Waals surface area (Å²) in [5, 5.41) is 3.50. The Hall–Kier alpha value is -5.85. The van der Waals surface area contributed by atoms with E-state index < -0.39 is 0 Å². The maximum atomic E-state index is 14.2. The number of nitrogens with one attached hydrogen (secondary N) is 1. The molecule has 472 valence electrons. The molecule has 18 heteroatoms. The zero-order valence-corrected chi connectivity index (χ0v) is 52.1. The topological polar surface area (TPSA) is 131 Å². The Morgan fingerprint density at radius 2 is 1.18 bits per heavy atom. The number of anilines is 3. The van der Waals surface area contributed by atoms with Crippen LogP contribution in [-0.2, 0) is 35.3 Å². The Balaban J connectivity index is 0.000000129. The molecule has 5 atom stereocenters. The number of likely N-dealkylation sites (tertiary alicyclic amines) is 4. The SMILES string of the molecule is CCCOC(=O)N1CCC(CN2CCC3(CC2)CN(C(C)=O)c2ccc(F)cc23)CC1.COC(=O)N1CC2(CCN(C3CC4CCC(C3)N4C(=O)OC(C)C)CC2)c2cc(F)ccc21.Fc1ccc2c(c1)C1(CCN(C[C@@H]3CC4C=C[C@H]3C4)CC1)CN2. The second-order valence-corrected chi connectivity index (χ2v) is 27.9. The lowest BCUT2D eigenvalue weighted by Gasteiger charge is -2.47. The number of allylic oxidation sites excluding steroid dienone is 2. The molecule has 9 aliphatic heterocycles. The van der Waals surface area contributed by atoms with Gasteiger partial charge in [0.15, 0.2) is 0 Å². The summed E-state index contributed by atoms with van der Waals surface area (Å²) in [5.74, 6) is 2.62. The molecule has 4 bridgehead atoms. The average molecular weight is 1200 g/mol. The van der Waals surface area contributed by atoms with Gasteiger partial charge in [-0.05, 0) is 244 Å². The molecule has 2 aliphatic carbocycles. The van der Waals surface area contributed by atoms with E-state index in [2.05, 4.69) is 32.2 Å². The molecule has 1 N–H and O–H groups in total. The first-order valence-corrected chi connectivity index (χ1v) is 33.0. The fourth-order valence-electron chi connectivity index (χ4n) is 17.6. The Morgan fingerprint density at radius 1 is 0.621 bits per heavy atom. The molecule has 0 aromatic heterocycles. The molecule has 4 amide bonds. The number of amides is 4. The quantitative estimate of drug-likeness (QED) is 0.171. The van der Waals surface area contributed by atoms with Crippen molar-refractivity contribution in [3.05, 3.63) is 101 Å². The van der Waals surface area contributed by atoms with Gasteiger partial charge in [-0.25, -0.2) is 27.6 Å². The molecule has 3 unspecified atom stereocenters. The normalized spacial score (nSPS) is 27.4. The largest absolute Gasteiger partial charge is 0.452 e. The zero-order chi connectivity index (χ0) is 60.8. The summed E-state index contributed by atoms with van der Waals surface area (Å²) in [5.41, 5.74) is 5.76. The van der Waals surface area contributed by atoms with E-state index in [9.17, 15) is 32.3 Å². The van der Waals surface area contributed by atoms with Gasteiger partial charge < -0.3 is 48.9 Å². The minimum atomic E-state index is -0.389. The van der Waals surface area contributed by atoms with Gasteiger partial charge in [0, 0.05) is 98.5 Å². The van der Waals surface area contributed by atoms with Crippen LogP contribution in [0.5, 0.6) is 0 Å². The van der Waals surface area contributed by atoms with Crippen LogP contribution < -0.4 is 15.1 Å². The summed E-state index contributed by atoms with van der Waals surface area (Å²) in [6.45, 7) is 20.0. The standard InChI is InChI=1S/C25H34FN3O4.C24H34FN3O3.C20H25FN2/c1-16(2)33-24(31)29-18-5-6-19(29)14-20(13-18)27-10-8-25(9-11-27)15-28(23(30)32-3)22-7-4-17(26)12-21(22)25;1-3-14-31-23(30)27-10-6-19(7-11-27)16-26-12-8-24(9-13-26)17-28(18(2)29)22-5-4-20(25)15-21(22)24;21-17-3-4-19-18(11-17)20(13-22-19)5-7-23(8-6-20)12-16-10-14-1-2-15(16)9-14/h4,7,12,16,18-20H,5-6,8-11,13-15H2,1-3H3;4-5,15,19H,3,6-14,16-17H2,1-2H3;1-4,11,14-16,22H,5-10,12-13H2/t;;14?,15-,16-/m..0/s1. The Labute approximate surface area is 513 Å². The van der Waals surface area contributed by atoms with Gasteiger partial charge in [0.2, 0.25) is 5.91 Å². The van der Waals surface area contributed by atoms with Crippen LogP contribution in [0.25, 0.3) is 0 Å². The number of rotatable bonds is 8. The zero-order valence-electron chi connectivity index (χ0n) is 52.1. The molecule has 15 nitrogen and oxygen atoms in total. The molecule has 1 saturated carbocycles. The van der Waals surface area contributed by atoms with Crippen LogP contribution in [0, 0.1) is 41.1 Å². The summed E-state index contributed by atoms with van der Waals surface area (Å²) in [6.07, 6.45) is 19.7. The summed E-state index contributed by atoms with van der Waals surface area (Å²) in [6, 6.07) is 15.8. The highest BCUT2D eigenvalue weighted by atomic mass is 19.1. The molecule has 0 radical (unpaired) electrons. The third-order valence-electron chi connectivity index (χ3n) is 22.4. The Morgan fingerprint density at radius 3 is 1.75 bits per heavy atom. The minimum Gasteiger partial charge on any atom is -0.452 e. The van der Waals surface area contributed by atoms with Gasteiger partial charge in [-0.3, -0.25) is 9.69 Å². The Kier molecular flexibility index (Phi) is 18.0. The van der Waals surface area contributed by atoms with Crippen LogP contribution >= 0.6 is 0 Å². The van der Waals surface area contributed by atoms with Crippen LogP contribution in [0.1, 0.15) is 141 Å². The number of carbonyl (C=O) groups excluding carboxylic acids is 4. The molecule has 6 saturated heterocycles. The van der Waals surface area contributed by atoms with Crippen LogP contribution in [0.4, 0.5) is 44.6 Å². The van der Waals surface area contributed by atoms with E-state index in [0.717, 1.165) is 195 Å². The number of benzene rings is 3. The number of hydrogen-bond acceptors (Lipinski definition) is 11. The van der Waals surface area contributed by atoms with Gasteiger partial charge in [-0.15, -0.1) is 0 Å². The van der Waals surface area contributed by atoms with E-state index in [0.29, 0.717) is 31.7 Å². The third-order valence-corrected chi connectivity index (χ3v) is 22.4. The van der Waals surface area contributed by atoms with E-state index in [4.69, 9.17) is 14.2 Å². The lowest BCUT2D eigenvalue weighted by Crippen LogP contribution is -2.55. The second kappa shape index (κ2) is 25.6. The maximum Gasteiger partial charge on any atom is 0.414 e. The van der Waals surface area contributed by atoms with E-state index in [1.165, 1.54) is 44.2 Å². The predicted molar refractivity (Wildman–Crippen MR) is 331 cm³/mol. The van der Waals surface area contributed by atoms with Gasteiger partial charge in [0.05, 0.1) is 25.5 Å². The van der Waals surface area contributed by atoms with Crippen molar-refractivity contribution in [2.24, 2.45) is 23.7 Å². The molecule has 9 heterocycles. The summed E-state index contributed by atoms with van der Waals surface area (Å²) >= 11 is 0. The molecule has 3 aromatic carbocycles. The highest BCUT2D eigenvalue weighted by Crippen LogP contribution is 2.51. The predicted octanol–water partition coefficient (Wildman–Crippen LogP) is 11.9. The number of ether oxygens (including phenoxy) is 3. The third kappa shape index (κ3) is 12.6. The molecular weight excluding hydrogens is 1110 g/mol. The number of nitrogens with zero attached hydrogens (tertiary/aromatic N) is 7. The highest BCUT2D eigenvalue weighted by molar-refractivity contribution is 5.95. The molecular formula is C69H93F3N8O7. The summed E-state index contributed by atoms with van der Waals surface area (Å²) in [7, 11) is 1.39. The van der Waals surface area contributed by atoms with Crippen molar-refractivity contribution in [3.63, 3.8) is 0 Å². The number of hydrogen-bond donors (Lipinski definition) is 1. The lowest BCUT2D eigenvalue weighted by molar-refractivity contribution is -0.116. The molecule has 3 aromatic rings. The second-order valence-electron chi connectivity index (χ2n) is 27.9. The fourth-order valence-corrected chi connectivity index (χ4v) is 17.6. The highest BCUT2D eigenvalue weighted by Gasteiger charge is 2.52. The van der Waals surface area contributed by atoms with Crippen molar-refractivity contribution in [1.82, 2.24) is 24.5 Å². The molecule has 14 rings (SSSR count). The van der Waals surface area contributed by atoms with Gasteiger partial charge >= 0.3 is 18.3 Å². The van der Waals surface area contributed by atoms with Crippen molar-refractivity contribution in [1.29, 1.82) is 0 Å². The summed E-state index contributed by atoms with van der Waals surface area (Å²) in [4.78, 5) is 64.2. The van der Waals surface area contributed by atoms with E-state index in [1.807, 2.05) is 41.5 Å².